The maximum Gasteiger partial charge on any atom is 0.307 e. The first kappa shape index (κ1) is 20.3. The van der Waals surface area contributed by atoms with E-state index in [0.717, 1.165) is 5.56 Å². The van der Waals surface area contributed by atoms with Crippen LogP contribution >= 0.6 is 0 Å². The first-order valence-electron chi connectivity index (χ1n) is 9.42. The van der Waals surface area contributed by atoms with Gasteiger partial charge in [-0.1, -0.05) is 42.5 Å². The molecule has 7 nitrogen and oxygen atoms in total. The topological polar surface area (TPSA) is 81.5 Å². The molecule has 0 aliphatic heterocycles. The zero-order valence-corrected chi connectivity index (χ0v) is 16.3. The summed E-state index contributed by atoms with van der Waals surface area (Å²) in [7, 11) is 1.33. The molecule has 1 amide bonds. The van der Waals surface area contributed by atoms with Crippen molar-refractivity contribution in [1.82, 2.24) is 14.7 Å². The van der Waals surface area contributed by atoms with Crippen LogP contribution in [-0.2, 0) is 27.4 Å². The molecule has 0 aliphatic carbocycles. The first-order valence-corrected chi connectivity index (χ1v) is 9.42. The smallest absolute Gasteiger partial charge is 0.307 e. The van der Waals surface area contributed by atoms with E-state index in [1.807, 2.05) is 42.5 Å². The maximum absolute atomic E-state index is 12.9. The van der Waals surface area contributed by atoms with Crippen molar-refractivity contribution in [2.45, 2.75) is 25.9 Å². The van der Waals surface area contributed by atoms with Gasteiger partial charge < -0.3 is 9.64 Å². The lowest BCUT2D eigenvalue weighted by Crippen LogP contribution is -2.33. The number of carbonyl (C=O) groups is 2. The van der Waals surface area contributed by atoms with Gasteiger partial charge in [-0.25, -0.2) is 0 Å². The maximum atomic E-state index is 12.9. The predicted octanol–water partition coefficient (Wildman–Crippen LogP) is 2.38. The van der Waals surface area contributed by atoms with Crippen molar-refractivity contribution >= 4 is 22.8 Å². The zero-order valence-electron chi connectivity index (χ0n) is 16.3. The van der Waals surface area contributed by atoms with Gasteiger partial charge in [0, 0.05) is 24.9 Å². The Balaban J connectivity index is 1.73. The molecule has 0 unspecified atom stereocenters. The number of aromatic nitrogens is 2. The molecule has 0 fully saturated rings. The number of amides is 1. The second-order valence-corrected chi connectivity index (χ2v) is 6.63. The van der Waals surface area contributed by atoms with Crippen molar-refractivity contribution in [1.29, 1.82) is 0 Å². The number of rotatable bonds is 8. The average Bonchev–Trinajstić information content (AvgIpc) is 2.76. The minimum Gasteiger partial charge on any atom is -0.469 e. The van der Waals surface area contributed by atoms with Crippen LogP contribution in [0.4, 0.5) is 0 Å². The van der Waals surface area contributed by atoms with Gasteiger partial charge in [0.1, 0.15) is 0 Å². The van der Waals surface area contributed by atoms with E-state index < -0.39 is 0 Å². The van der Waals surface area contributed by atoms with Crippen molar-refractivity contribution in [3.63, 3.8) is 0 Å². The Labute approximate surface area is 168 Å². The second-order valence-electron chi connectivity index (χ2n) is 6.63. The Kier molecular flexibility index (Phi) is 6.73. The first-order chi connectivity index (χ1) is 14.1. The highest BCUT2D eigenvalue weighted by atomic mass is 16.5. The molecule has 29 heavy (non-hydrogen) atoms. The van der Waals surface area contributed by atoms with Gasteiger partial charge in [-0.2, -0.15) is 5.10 Å². The largest absolute Gasteiger partial charge is 0.469 e. The molecule has 0 radical (unpaired) electrons. The van der Waals surface area contributed by atoms with Gasteiger partial charge in [0.25, 0.3) is 0 Å². The van der Waals surface area contributed by atoms with Gasteiger partial charge in [-0.15, -0.1) is 0 Å². The number of hydrogen-bond donors (Lipinski definition) is 0. The summed E-state index contributed by atoms with van der Waals surface area (Å²) >= 11 is 0. The summed E-state index contributed by atoms with van der Waals surface area (Å²) < 4.78 is 6.36. The fraction of sp³-hybridized carbons (Fsp3) is 0.273. The zero-order chi connectivity index (χ0) is 20.6. The third kappa shape index (κ3) is 5.28. The highest BCUT2D eigenvalue weighted by Gasteiger charge is 2.16. The Morgan fingerprint density at radius 1 is 1.03 bits per heavy atom. The van der Waals surface area contributed by atoms with E-state index in [0.29, 0.717) is 24.0 Å². The normalized spacial score (nSPS) is 10.7. The highest BCUT2D eigenvalue weighted by molar-refractivity contribution is 5.79. The second kappa shape index (κ2) is 9.64. The fourth-order valence-corrected chi connectivity index (χ4v) is 3.12. The average molecular weight is 393 g/mol. The number of fused-ring (bicyclic) bond motifs is 1. The highest BCUT2D eigenvalue weighted by Crippen LogP contribution is 2.11. The summed E-state index contributed by atoms with van der Waals surface area (Å²) in [6, 6.07) is 16.8. The Morgan fingerprint density at radius 3 is 2.52 bits per heavy atom. The molecule has 1 aromatic heterocycles. The van der Waals surface area contributed by atoms with E-state index in [2.05, 4.69) is 5.10 Å². The summed E-state index contributed by atoms with van der Waals surface area (Å²) in [6.07, 6.45) is 1.61. The SMILES string of the molecule is COC(=O)CCN(Cc1ccccc1)C(=O)CCn1ncc(=O)c2ccccc21. The Morgan fingerprint density at radius 2 is 1.76 bits per heavy atom. The van der Waals surface area contributed by atoms with Gasteiger partial charge >= 0.3 is 5.97 Å². The Hall–Kier alpha value is -3.48. The minimum absolute atomic E-state index is 0.0951. The van der Waals surface area contributed by atoms with Crippen LogP contribution in [0.15, 0.2) is 65.6 Å². The molecule has 0 N–H and O–H groups in total. The van der Waals surface area contributed by atoms with Crippen LogP contribution in [0.3, 0.4) is 0 Å². The number of benzene rings is 2. The van der Waals surface area contributed by atoms with Crippen LogP contribution in [0.1, 0.15) is 18.4 Å². The molecule has 0 bridgehead atoms. The number of nitrogens with zero attached hydrogens (tertiary/aromatic N) is 3. The molecule has 1 heterocycles. The lowest BCUT2D eigenvalue weighted by Gasteiger charge is -2.23. The predicted molar refractivity (Wildman–Crippen MR) is 109 cm³/mol. The summed E-state index contributed by atoms with van der Waals surface area (Å²) in [5.41, 5.74) is 1.53. The molecule has 0 saturated carbocycles. The van der Waals surface area contributed by atoms with Crippen LogP contribution in [0.5, 0.6) is 0 Å². The van der Waals surface area contributed by atoms with Crippen molar-refractivity contribution in [2.24, 2.45) is 0 Å². The van der Waals surface area contributed by atoms with Crippen molar-refractivity contribution in [3.8, 4) is 0 Å². The summed E-state index contributed by atoms with van der Waals surface area (Å²) in [4.78, 5) is 38.1. The number of ether oxygens (including phenoxy) is 1. The number of carbonyl (C=O) groups excluding carboxylic acids is 2. The van der Waals surface area contributed by atoms with E-state index in [1.165, 1.54) is 13.3 Å². The van der Waals surface area contributed by atoms with Gasteiger partial charge in [-0.05, 0) is 17.7 Å². The van der Waals surface area contributed by atoms with E-state index in [4.69, 9.17) is 4.74 Å². The summed E-state index contributed by atoms with van der Waals surface area (Å²) in [6.45, 7) is 1.02. The van der Waals surface area contributed by atoms with Gasteiger partial charge in [-0.3, -0.25) is 19.1 Å². The molecule has 3 aromatic rings. The van der Waals surface area contributed by atoms with E-state index in [1.54, 1.807) is 21.7 Å². The molecule has 2 aromatic carbocycles. The number of esters is 1. The minimum atomic E-state index is -0.357. The Bertz CT molecular complexity index is 1050. The van der Waals surface area contributed by atoms with Gasteiger partial charge in [0.05, 0.1) is 31.8 Å². The van der Waals surface area contributed by atoms with E-state index >= 15 is 0 Å². The number of hydrogen-bond acceptors (Lipinski definition) is 5. The van der Waals surface area contributed by atoms with E-state index in [9.17, 15) is 14.4 Å². The van der Waals surface area contributed by atoms with E-state index in [-0.39, 0.29) is 36.7 Å². The standard InChI is InChI=1S/C22H23N3O4/c1-29-22(28)12-13-24(16-17-7-3-2-4-8-17)21(27)11-14-25-19-10-6-5-9-18(19)20(26)15-23-25/h2-10,15H,11-14,16H2,1H3. The monoisotopic (exact) mass is 393 g/mol. The number of para-hydroxylation sites is 1. The summed E-state index contributed by atoms with van der Waals surface area (Å²) in [5, 5.41) is 4.74. The van der Waals surface area contributed by atoms with Crippen LogP contribution in [0.2, 0.25) is 0 Å². The number of methoxy groups -OCH3 is 1. The van der Waals surface area contributed by atoms with Crippen LogP contribution < -0.4 is 5.43 Å². The van der Waals surface area contributed by atoms with Crippen LogP contribution in [0.25, 0.3) is 10.9 Å². The molecular formula is C22H23N3O4. The van der Waals surface area contributed by atoms with Gasteiger partial charge in [0.15, 0.2) is 0 Å². The number of aryl methyl sites for hydroxylation is 1. The van der Waals surface area contributed by atoms with Crippen LogP contribution in [0, 0.1) is 0 Å². The third-order valence-electron chi connectivity index (χ3n) is 4.68. The third-order valence-corrected chi connectivity index (χ3v) is 4.68. The van der Waals surface area contributed by atoms with Crippen molar-refractivity contribution < 1.29 is 14.3 Å². The lowest BCUT2D eigenvalue weighted by molar-refractivity contribution is -0.142. The molecule has 0 atom stereocenters. The van der Waals surface area contributed by atoms with Gasteiger partial charge in [0.2, 0.25) is 11.3 Å². The lowest BCUT2D eigenvalue weighted by atomic mass is 10.2. The molecule has 0 aliphatic rings. The molecule has 150 valence electrons. The fourth-order valence-electron chi connectivity index (χ4n) is 3.12. The quantitative estimate of drug-likeness (QED) is 0.549. The molecule has 7 heteroatoms. The van der Waals surface area contributed by atoms with Crippen LogP contribution in [-0.4, -0.2) is 40.2 Å². The molecule has 0 spiro atoms. The molecule has 0 saturated heterocycles. The molecular weight excluding hydrogens is 370 g/mol. The van der Waals surface area contributed by atoms with Crippen molar-refractivity contribution in [2.75, 3.05) is 13.7 Å². The molecule has 3 rings (SSSR count). The summed E-state index contributed by atoms with van der Waals surface area (Å²) in [5.74, 6) is -0.453. The van der Waals surface area contributed by atoms with Crippen molar-refractivity contribution in [3.05, 3.63) is 76.6 Å².